The molecule has 6 heteroatoms. The Morgan fingerprint density at radius 3 is 2.56 bits per heavy atom. The van der Waals surface area contributed by atoms with Crippen molar-refractivity contribution in [2.24, 2.45) is 10.2 Å². The van der Waals surface area contributed by atoms with Gasteiger partial charge in [-0.2, -0.15) is 10.2 Å². The van der Waals surface area contributed by atoms with Gasteiger partial charge in [0.1, 0.15) is 0 Å². The van der Waals surface area contributed by atoms with Crippen molar-refractivity contribution >= 4 is 39.1 Å². The van der Waals surface area contributed by atoms with E-state index in [0.717, 1.165) is 29.2 Å². The maximum atomic E-state index is 12.0. The van der Waals surface area contributed by atoms with Gasteiger partial charge in [0.05, 0.1) is 24.6 Å². The number of hydrogen-bond acceptors (Lipinski definition) is 5. The van der Waals surface area contributed by atoms with Gasteiger partial charge in [0.15, 0.2) is 0 Å². The number of aryl methyl sites for hydroxylation is 1. The number of rotatable bonds is 4. The summed E-state index contributed by atoms with van der Waals surface area (Å²) < 4.78 is 7.22. The number of nitrogens with zero attached hydrogens (tertiary/aromatic N) is 4. The Labute approximate surface area is 199 Å². The van der Waals surface area contributed by atoms with Gasteiger partial charge in [0, 0.05) is 52.2 Å². The second-order valence-electron chi connectivity index (χ2n) is 9.10. The van der Waals surface area contributed by atoms with Gasteiger partial charge in [0.25, 0.3) is 0 Å². The van der Waals surface area contributed by atoms with Gasteiger partial charge in [0.2, 0.25) is 0 Å². The van der Waals surface area contributed by atoms with Crippen LogP contribution in [0, 0.1) is 0 Å². The summed E-state index contributed by atoms with van der Waals surface area (Å²) in [6.07, 6.45) is 1.82. The van der Waals surface area contributed by atoms with E-state index in [2.05, 4.69) is 76.9 Å². The standard InChI is InChI=1S/C28H28N4O2/c1-6-32-23-10-8-7-9-20(23)21-16-19(12-14-24(21)32)30-29-17-26-28(2,3)22-15-18(27(33)34-5)11-13-25(22)31(26)4/h7-17H,6H2,1-5H3. The van der Waals surface area contributed by atoms with E-state index in [4.69, 9.17) is 4.74 Å². The molecule has 0 spiro atoms. The lowest BCUT2D eigenvalue weighted by Gasteiger charge is -2.22. The molecule has 0 aliphatic carbocycles. The molecule has 34 heavy (non-hydrogen) atoms. The number of allylic oxidation sites excluding steroid dienone is 1. The van der Waals surface area contributed by atoms with Gasteiger partial charge < -0.3 is 14.2 Å². The number of esters is 1. The minimum Gasteiger partial charge on any atom is -0.465 e. The summed E-state index contributed by atoms with van der Waals surface area (Å²) in [6.45, 7) is 7.33. The first-order valence-corrected chi connectivity index (χ1v) is 11.5. The number of ether oxygens (including phenoxy) is 1. The second-order valence-corrected chi connectivity index (χ2v) is 9.10. The third-order valence-electron chi connectivity index (χ3n) is 6.88. The van der Waals surface area contributed by atoms with Crippen LogP contribution in [0.1, 0.15) is 36.7 Å². The average Bonchev–Trinajstić information content (AvgIpc) is 3.27. The molecule has 0 saturated carbocycles. The Bertz CT molecular complexity index is 1490. The summed E-state index contributed by atoms with van der Waals surface area (Å²) in [5.74, 6) is -0.335. The first-order valence-electron chi connectivity index (χ1n) is 11.5. The van der Waals surface area contributed by atoms with E-state index in [-0.39, 0.29) is 11.4 Å². The fourth-order valence-electron chi connectivity index (χ4n) is 5.10. The summed E-state index contributed by atoms with van der Waals surface area (Å²) in [7, 11) is 3.41. The number of fused-ring (bicyclic) bond motifs is 4. The quantitative estimate of drug-likeness (QED) is 0.249. The Morgan fingerprint density at radius 2 is 1.79 bits per heavy atom. The minimum absolute atomic E-state index is 0.328. The number of azo groups is 1. The first-order chi connectivity index (χ1) is 16.4. The van der Waals surface area contributed by atoms with Crippen LogP contribution in [0.2, 0.25) is 0 Å². The molecular formula is C28H28N4O2. The van der Waals surface area contributed by atoms with Crippen molar-refractivity contribution in [2.75, 3.05) is 19.1 Å². The molecule has 2 heterocycles. The zero-order valence-electron chi connectivity index (χ0n) is 20.2. The number of likely N-dealkylation sites (N-methyl/N-ethyl adjacent to an activating group) is 1. The Balaban J connectivity index is 1.50. The number of aromatic nitrogens is 1. The normalized spacial score (nSPS) is 16.1. The highest BCUT2D eigenvalue weighted by molar-refractivity contribution is 6.08. The summed E-state index contributed by atoms with van der Waals surface area (Å²) in [4.78, 5) is 14.1. The summed E-state index contributed by atoms with van der Waals surface area (Å²) in [6, 6.07) is 20.4. The van der Waals surface area contributed by atoms with E-state index in [9.17, 15) is 4.79 Å². The number of anilines is 1. The first kappa shape index (κ1) is 21.9. The molecule has 5 rings (SSSR count). The van der Waals surface area contributed by atoms with Gasteiger partial charge in [-0.05, 0) is 55.0 Å². The monoisotopic (exact) mass is 452 g/mol. The van der Waals surface area contributed by atoms with Crippen molar-refractivity contribution in [1.29, 1.82) is 0 Å². The minimum atomic E-state index is -0.335. The van der Waals surface area contributed by atoms with Crippen LogP contribution in [0.5, 0.6) is 0 Å². The SMILES string of the molecule is CCn1c2ccccc2c2cc(N=NC=C3N(C)c4ccc(C(=O)OC)cc4C3(C)C)ccc21. The van der Waals surface area contributed by atoms with Gasteiger partial charge in [-0.25, -0.2) is 4.79 Å². The molecule has 3 aromatic carbocycles. The van der Waals surface area contributed by atoms with Gasteiger partial charge in [-0.3, -0.25) is 0 Å². The number of hydrogen-bond donors (Lipinski definition) is 0. The highest BCUT2D eigenvalue weighted by Crippen LogP contribution is 2.47. The van der Waals surface area contributed by atoms with E-state index < -0.39 is 0 Å². The van der Waals surface area contributed by atoms with E-state index in [1.54, 1.807) is 6.07 Å². The molecule has 1 aromatic heterocycles. The number of benzene rings is 3. The molecule has 0 N–H and O–H groups in total. The Kier molecular flexibility index (Phi) is 5.24. The summed E-state index contributed by atoms with van der Waals surface area (Å²) in [5.41, 5.74) is 6.59. The van der Waals surface area contributed by atoms with Crippen LogP contribution in [0.25, 0.3) is 21.8 Å². The number of methoxy groups -OCH3 is 1. The van der Waals surface area contributed by atoms with Crippen LogP contribution >= 0.6 is 0 Å². The van der Waals surface area contributed by atoms with Gasteiger partial charge >= 0.3 is 5.97 Å². The molecule has 0 fully saturated rings. The van der Waals surface area contributed by atoms with E-state index in [0.29, 0.717) is 5.56 Å². The highest BCUT2D eigenvalue weighted by atomic mass is 16.5. The smallest absolute Gasteiger partial charge is 0.337 e. The van der Waals surface area contributed by atoms with Crippen LogP contribution in [-0.4, -0.2) is 24.7 Å². The van der Waals surface area contributed by atoms with Crippen LogP contribution in [-0.2, 0) is 16.7 Å². The lowest BCUT2D eigenvalue weighted by atomic mass is 9.83. The predicted molar refractivity (Wildman–Crippen MR) is 137 cm³/mol. The van der Waals surface area contributed by atoms with E-state index >= 15 is 0 Å². The van der Waals surface area contributed by atoms with Crippen molar-refractivity contribution in [2.45, 2.75) is 32.7 Å². The number of carbonyl (C=O) groups is 1. The van der Waals surface area contributed by atoms with Crippen molar-refractivity contribution in [3.63, 3.8) is 0 Å². The number of para-hydroxylation sites is 1. The third-order valence-corrected chi connectivity index (χ3v) is 6.88. The summed E-state index contributed by atoms with van der Waals surface area (Å²) >= 11 is 0. The fraction of sp³-hybridized carbons (Fsp3) is 0.250. The molecule has 0 atom stereocenters. The molecule has 1 aliphatic rings. The largest absolute Gasteiger partial charge is 0.465 e. The topological polar surface area (TPSA) is 59.2 Å². The number of carbonyl (C=O) groups excluding carboxylic acids is 1. The molecule has 172 valence electrons. The molecule has 0 bridgehead atoms. The molecule has 0 unspecified atom stereocenters. The van der Waals surface area contributed by atoms with Crippen LogP contribution in [0.15, 0.2) is 82.8 Å². The molecule has 4 aromatic rings. The molecule has 0 radical (unpaired) electrons. The van der Waals surface area contributed by atoms with Crippen molar-refractivity contribution in [1.82, 2.24) is 4.57 Å². The zero-order chi connectivity index (χ0) is 24.0. The van der Waals surface area contributed by atoms with Gasteiger partial charge in [-0.15, -0.1) is 0 Å². The van der Waals surface area contributed by atoms with Crippen molar-refractivity contribution in [3.8, 4) is 0 Å². The summed E-state index contributed by atoms with van der Waals surface area (Å²) in [5, 5.41) is 11.4. The molecule has 1 aliphatic heterocycles. The fourth-order valence-corrected chi connectivity index (χ4v) is 5.10. The predicted octanol–water partition coefficient (Wildman–Crippen LogP) is 6.95. The molecule has 0 saturated heterocycles. The molecular weight excluding hydrogens is 424 g/mol. The van der Waals surface area contributed by atoms with Gasteiger partial charge in [-0.1, -0.05) is 32.0 Å². The second kappa shape index (κ2) is 8.13. The van der Waals surface area contributed by atoms with E-state index in [1.165, 1.54) is 28.9 Å². The Hall–Kier alpha value is -3.93. The lowest BCUT2D eigenvalue weighted by Crippen LogP contribution is -2.22. The van der Waals surface area contributed by atoms with Crippen molar-refractivity contribution in [3.05, 3.63) is 83.7 Å². The van der Waals surface area contributed by atoms with Crippen LogP contribution in [0.3, 0.4) is 0 Å². The maximum Gasteiger partial charge on any atom is 0.337 e. The van der Waals surface area contributed by atoms with E-state index in [1.807, 2.05) is 31.4 Å². The third kappa shape index (κ3) is 3.29. The zero-order valence-corrected chi connectivity index (χ0v) is 20.2. The average molecular weight is 453 g/mol. The maximum absolute atomic E-state index is 12.0. The van der Waals surface area contributed by atoms with Crippen LogP contribution < -0.4 is 4.90 Å². The van der Waals surface area contributed by atoms with Crippen molar-refractivity contribution < 1.29 is 9.53 Å². The Morgan fingerprint density at radius 1 is 1.03 bits per heavy atom. The molecule has 0 amide bonds. The highest BCUT2D eigenvalue weighted by Gasteiger charge is 2.39. The van der Waals surface area contributed by atoms with Crippen LogP contribution in [0.4, 0.5) is 11.4 Å². The lowest BCUT2D eigenvalue weighted by molar-refractivity contribution is 0.0600. The molecule has 6 nitrogen and oxygen atoms in total.